The molecule has 1 aliphatic rings. The van der Waals surface area contributed by atoms with Crippen LogP contribution in [-0.2, 0) is 32.2 Å². The lowest BCUT2D eigenvalue weighted by molar-refractivity contribution is -0.130. The number of carbonyl (C=O) groups excluding carboxylic acids is 3. The van der Waals surface area contributed by atoms with Crippen molar-refractivity contribution >= 4 is 23.7 Å². The molecule has 2 atom stereocenters. The third kappa shape index (κ3) is 9.40. The minimum absolute atomic E-state index is 0.0918. The molecule has 2 N–H and O–H groups in total. The number of nitrogens with one attached hydrogen (secondary N) is 2. The van der Waals surface area contributed by atoms with Gasteiger partial charge in [0.15, 0.2) is 5.78 Å². The summed E-state index contributed by atoms with van der Waals surface area (Å²) in [5.74, 6) is 0.0326. The average molecular weight is 530 g/mol. The molecule has 1 fully saturated rings. The number of Topliss-reactive ketones (excluding diaryl/α,β-unsaturated/α-hetero) is 1. The number of carbonyl (C=O) groups is 3. The van der Waals surface area contributed by atoms with Crippen LogP contribution in [0.4, 0.5) is 10.7 Å². The first-order valence-corrected chi connectivity index (χ1v) is 13.1. The van der Waals surface area contributed by atoms with Gasteiger partial charge in [0, 0.05) is 13.1 Å². The molecule has 0 radical (unpaired) electrons. The highest BCUT2D eigenvalue weighted by Crippen LogP contribution is 2.12. The Bertz CT molecular complexity index is 1040. The van der Waals surface area contributed by atoms with Crippen molar-refractivity contribution in [2.24, 2.45) is 11.8 Å². The summed E-state index contributed by atoms with van der Waals surface area (Å²) >= 11 is 0. The number of tetrazole rings is 1. The SMILES string of the molecule is CC(C)C[C@H](NC(=O)[C@H](CC(C)C)NC(=O)OCc1ccccc1)C(=O)Cn1nnc(N2CCOCC2)n1. The number of hydrogen-bond donors (Lipinski definition) is 2. The summed E-state index contributed by atoms with van der Waals surface area (Å²) in [4.78, 5) is 42.1. The minimum atomic E-state index is -0.849. The maximum Gasteiger partial charge on any atom is 0.408 e. The molecule has 12 heteroatoms. The van der Waals surface area contributed by atoms with Gasteiger partial charge in [-0.05, 0) is 35.5 Å². The number of morpholine rings is 1. The minimum Gasteiger partial charge on any atom is -0.445 e. The van der Waals surface area contributed by atoms with Gasteiger partial charge >= 0.3 is 6.09 Å². The fourth-order valence-electron chi connectivity index (χ4n) is 4.07. The molecule has 0 saturated carbocycles. The number of anilines is 1. The van der Waals surface area contributed by atoms with Gasteiger partial charge in [-0.3, -0.25) is 9.59 Å². The van der Waals surface area contributed by atoms with E-state index in [9.17, 15) is 14.4 Å². The predicted molar refractivity (Wildman–Crippen MR) is 140 cm³/mol. The van der Waals surface area contributed by atoms with E-state index in [0.717, 1.165) is 5.56 Å². The Labute approximate surface area is 223 Å². The van der Waals surface area contributed by atoms with E-state index in [1.54, 1.807) is 0 Å². The molecule has 38 heavy (non-hydrogen) atoms. The molecular weight excluding hydrogens is 490 g/mol. The highest BCUT2D eigenvalue weighted by atomic mass is 16.5. The third-order valence-electron chi connectivity index (χ3n) is 5.97. The molecule has 1 saturated heterocycles. The number of nitrogens with zero attached hydrogens (tertiary/aromatic N) is 5. The standard InChI is InChI=1S/C26H39N7O5/c1-18(2)14-21(23(34)16-33-30-25(29-31-33)32-10-12-37-13-11-32)27-24(35)22(15-19(3)4)28-26(36)38-17-20-8-6-5-7-9-20/h5-9,18-19,21-22H,10-17H2,1-4H3,(H,27,35)(H,28,36)/t21-,22-/m0/s1. The Kier molecular flexibility index (Phi) is 11.0. The van der Waals surface area contributed by atoms with Crippen LogP contribution in [0.5, 0.6) is 0 Å². The van der Waals surface area contributed by atoms with E-state index in [4.69, 9.17) is 9.47 Å². The fraction of sp³-hybridized carbons (Fsp3) is 0.615. The largest absolute Gasteiger partial charge is 0.445 e. The molecule has 2 heterocycles. The topological polar surface area (TPSA) is 141 Å². The second kappa shape index (κ2) is 14.4. The van der Waals surface area contributed by atoms with E-state index in [-0.39, 0.29) is 30.8 Å². The van der Waals surface area contributed by atoms with Crippen LogP contribution in [0.25, 0.3) is 0 Å². The van der Waals surface area contributed by atoms with E-state index in [0.29, 0.717) is 45.1 Å². The normalized spacial score (nSPS) is 15.3. The van der Waals surface area contributed by atoms with Crippen molar-refractivity contribution in [3.8, 4) is 0 Å². The van der Waals surface area contributed by atoms with Gasteiger partial charge in [0.05, 0.1) is 19.3 Å². The lowest BCUT2D eigenvalue weighted by Crippen LogP contribution is -2.52. The van der Waals surface area contributed by atoms with E-state index < -0.39 is 24.1 Å². The van der Waals surface area contributed by atoms with E-state index in [2.05, 4.69) is 26.0 Å². The molecule has 12 nitrogen and oxygen atoms in total. The zero-order valence-electron chi connectivity index (χ0n) is 22.6. The van der Waals surface area contributed by atoms with Crippen LogP contribution in [0.15, 0.2) is 30.3 Å². The summed E-state index contributed by atoms with van der Waals surface area (Å²) in [5.41, 5.74) is 0.841. The van der Waals surface area contributed by atoms with Crippen molar-refractivity contribution in [1.82, 2.24) is 30.8 Å². The lowest BCUT2D eigenvalue weighted by Gasteiger charge is -2.25. The molecule has 208 valence electrons. The monoisotopic (exact) mass is 529 g/mol. The summed E-state index contributed by atoms with van der Waals surface area (Å²) < 4.78 is 10.6. The van der Waals surface area contributed by atoms with Crippen LogP contribution in [0.3, 0.4) is 0 Å². The fourth-order valence-corrected chi connectivity index (χ4v) is 4.07. The Balaban J connectivity index is 1.61. The molecule has 3 rings (SSSR count). The first kappa shape index (κ1) is 29.0. The van der Waals surface area contributed by atoms with Crippen molar-refractivity contribution in [2.75, 3.05) is 31.2 Å². The molecule has 0 unspecified atom stereocenters. The van der Waals surface area contributed by atoms with Gasteiger partial charge in [0.1, 0.15) is 19.2 Å². The molecule has 1 aliphatic heterocycles. The number of alkyl carbamates (subject to hydrolysis) is 1. The van der Waals surface area contributed by atoms with E-state index in [1.807, 2.05) is 62.9 Å². The number of hydrogen-bond acceptors (Lipinski definition) is 9. The summed E-state index contributed by atoms with van der Waals surface area (Å²) in [6.45, 7) is 10.3. The van der Waals surface area contributed by atoms with Crippen LogP contribution in [0.1, 0.15) is 46.1 Å². The molecule has 0 spiro atoms. The molecule has 0 aliphatic carbocycles. The van der Waals surface area contributed by atoms with Crippen LogP contribution in [-0.4, -0.2) is 76.4 Å². The van der Waals surface area contributed by atoms with Crippen molar-refractivity contribution < 1.29 is 23.9 Å². The molecule has 2 aromatic rings. The van der Waals surface area contributed by atoms with Gasteiger partial charge in [0.25, 0.3) is 5.95 Å². The van der Waals surface area contributed by atoms with E-state index in [1.165, 1.54) is 4.80 Å². The van der Waals surface area contributed by atoms with Gasteiger partial charge in [-0.15, -0.1) is 5.10 Å². The quantitative estimate of drug-likeness (QED) is 0.398. The molecule has 1 aromatic carbocycles. The summed E-state index contributed by atoms with van der Waals surface area (Å²) in [7, 11) is 0. The maximum atomic E-state index is 13.2. The molecular formula is C26H39N7O5. The maximum absolute atomic E-state index is 13.2. The number of ketones is 1. The number of amides is 2. The van der Waals surface area contributed by atoms with Gasteiger partial charge in [0.2, 0.25) is 5.91 Å². The highest BCUT2D eigenvalue weighted by Gasteiger charge is 2.29. The first-order valence-electron chi connectivity index (χ1n) is 13.1. The van der Waals surface area contributed by atoms with Crippen LogP contribution in [0, 0.1) is 11.8 Å². The van der Waals surface area contributed by atoms with Crippen molar-refractivity contribution in [1.29, 1.82) is 0 Å². The van der Waals surface area contributed by atoms with Crippen molar-refractivity contribution in [3.05, 3.63) is 35.9 Å². The Morgan fingerprint density at radius 2 is 1.63 bits per heavy atom. The second-order valence-corrected chi connectivity index (χ2v) is 10.3. The van der Waals surface area contributed by atoms with Crippen molar-refractivity contribution in [2.45, 2.75) is 65.8 Å². The Morgan fingerprint density at radius 1 is 0.974 bits per heavy atom. The number of benzene rings is 1. The smallest absolute Gasteiger partial charge is 0.408 e. The summed E-state index contributed by atoms with van der Waals surface area (Å²) in [6.07, 6.45) is 0.133. The highest BCUT2D eigenvalue weighted by molar-refractivity contribution is 5.92. The van der Waals surface area contributed by atoms with Crippen LogP contribution < -0.4 is 15.5 Å². The zero-order valence-corrected chi connectivity index (χ0v) is 22.6. The number of rotatable bonds is 13. The van der Waals surface area contributed by atoms with Crippen molar-refractivity contribution in [3.63, 3.8) is 0 Å². The zero-order chi connectivity index (χ0) is 27.5. The van der Waals surface area contributed by atoms with Crippen LogP contribution >= 0.6 is 0 Å². The van der Waals surface area contributed by atoms with Gasteiger partial charge < -0.3 is 25.0 Å². The summed E-state index contributed by atoms with van der Waals surface area (Å²) in [5, 5.41) is 17.9. The number of ether oxygens (including phenoxy) is 2. The first-order chi connectivity index (χ1) is 18.2. The molecule has 1 aromatic heterocycles. The lowest BCUT2D eigenvalue weighted by atomic mass is 9.98. The van der Waals surface area contributed by atoms with Gasteiger partial charge in [-0.25, -0.2) is 4.79 Å². The van der Waals surface area contributed by atoms with Gasteiger partial charge in [-0.1, -0.05) is 63.1 Å². The Morgan fingerprint density at radius 3 is 2.29 bits per heavy atom. The third-order valence-corrected chi connectivity index (χ3v) is 5.97. The molecule has 0 bridgehead atoms. The van der Waals surface area contributed by atoms with Gasteiger partial charge in [-0.2, -0.15) is 4.80 Å². The Hall–Kier alpha value is -3.54. The molecule has 2 amide bonds. The number of aromatic nitrogens is 4. The predicted octanol–water partition coefficient (Wildman–Crippen LogP) is 1.95. The second-order valence-electron chi connectivity index (χ2n) is 10.3. The van der Waals surface area contributed by atoms with E-state index >= 15 is 0 Å². The average Bonchev–Trinajstić information content (AvgIpc) is 3.35. The summed E-state index contributed by atoms with van der Waals surface area (Å²) in [6, 6.07) is 7.67. The van der Waals surface area contributed by atoms with Crippen LogP contribution in [0.2, 0.25) is 0 Å².